The Bertz CT molecular complexity index is 1400. The Morgan fingerprint density at radius 3 is 2.42 bits per heavy atom. The largest absolute Gasteiger partial charge is 0.465 e. The zero-order chi connectivity index (χ0) is 26.0. The van der Waals surface area contributed by atoms with E-state index >= 15 is 0 Å². The lowest BCUT2D eigenvalue weighted by molar-refractivity contribution is -0.127. The molecular weight excluding hydrogens is 460 g/mol. The van der Waals surface area contributed by atoms with Crippen molar-refractivity contribution in [3.05, 3.63) is 88.4 Å². The van der Waals surface area contributed by atoms with Crippen LogP contribution < -0.4 is 10.6 Å². The minimum absolute atomic E-state index is 0.0876. The molecule has 2 heterocycles. The van der Waals surface area contributed by atoms with Crippen molar-refractivity contribution in [3.63, 3.8) is 0 Å². The number of esters is 1. The van der Waals surface area contributed by atoms with Gasteiger partial charge in [-0.1, -0.05) is 12.1 Å². The van der Waals surface area contributed by atoms with Gasteiger partial charge in [-0.2, -0.15) is 0 Å². The Kier molecular flexibility index (Phi) is 6.73. The first kappa shape index (κ1) is 24.5. The molecule has 0 unspecified atom stereocenters. The number of aromatic nitrogens is 1. The van der Waals surface area contributed by atoms with E-state index in [2.05, 4.69) is 10.6 Å². The van der Waals surface area contributed by atoms with Gasteiger partial charge in [-0.3, -0.25) is 9.59 Å². The highest BCUT2D eigenvalue weighted by molar-refractivity contribution is 6.16. The highest BCUT2D eigenvalue weighted by Crippen LogP contribution is 2.24. The van der Waals surface area contributed by atoms with Gasteiger partial charge in [-0.15, -0.1) is 0 Å². The Hall–Kier alpha value is -4.66. The van der Waals surface area contributed by atoms with Crippen LogP contribution >= 0.6 is 0 Å². The van der Waals surface area contributed by atoms with E-state index in [1.54, 1.807) is 42.5 Å². The molecule has 0 radical (unpaired) electrons. The summed E-state index contributed by atoms with van der Waals surface area (Å²) < 4.78 is 6.72. The maximum atomic E-state index is 12.9. The van der Waals surface area contributed by atoms with Crippen molar-refractivity contribution in [2.75, 3.05) is 19.0 Å². The summed E-state index contributed by atoms with van der Waals surface area (Å²) >= 11 is 0. The second kappa shape index (κ2) is 9.91. The third-order valence-corrected chi connectivity index (χ3v) is 5.88. The molecule has 0 saturated carbocycles. The summed E-state index contributed by atoms with van der Waals surface area (Å²) in [6.45, 7) is 5.31. The number of hydrogen-bond acceptors (Lipinski definition) is 5. The summed E-state index contributed by atoms with van der Waals surface area (Å²) in [4.78, 5) is 50.4. The molecule has 2 N–H and O–H groups in total. The Morgan fingerprint density at radius 1 is 1.03 bits per heavy atom. The molecule has 2 aromatic carbocycles. The zero-order valence-electron chi connectivity index (χ0n) is 20.4. The SMILES string of the molecule is COC(=O)c1ccc(-n2c(C)cc(/C=C3/NC(=O)N(CC(=O)Nc4cccc(C)c4)C3=O)c2C)cc1. The molecule has 36 heavy (non-hydrogen) atoms. The number of hydrogen-bond donors (Lipinski definition) is 2. The normalized spacial score (nSPS) is 14.2. The molecule has 4 amide bonds. The highest BCUT2D eigenvalue weighted by Gasteiger charge is 2.35. The molecule has 184 valence electrons. The van der Waals surface area contributed by atoms with Crippen molar-refractivity contribution in [1.82, 2.24) is 14.8 Å². The number of rotatable bonds is 6. The lowest BCUT2D eigenvalue weighted by Gasteiger charge is -2.12. The van der Waals surface area contributed by atoms with Crippen molar-refractivity contribution in [2.45, 2.75) is 20.8 Å². The monoisotopic (exact) mass is 486 g/mol. The summed E-state index contributed by atoms with van der Waals surface area (Å²) in [5, 5.41) is 5.26. The lowest BCUT2D eigenvalue weighted by Crippen LogP contribution is -2.38. The number of anilines is 1. The number of carbonyl (C=O) groups is 4. The predicted molar refractivity (Wildman–Crippen MR) is 135 cm³/mol. The molecule has 9 nitrogen and oxygen atoms in total. The summed E-state index contributed by atoms with van der Waals surface area (Å²) in [5.41, 5.74) is 5.40. The van der Waals surface area contributed by atoms with E-state index in [0.29, 0.717) is 11.3 Å². The Labute approximate surface area is 208 Å². The third kappa shape index (κ3) is 4.90. The highest BCUT2D eigenvalue weighted by atomic mass is 16.5. The van der Waals surface area contributed by atoms with Gasteiger partial charge in [-0.25, -0.2) is 14.5 Å². The standard InChI is InChI=1S/C27H26N4O5/c1-16-6-5-7-21(12-16)28-24(32)15-30-25(33)23(29-27(30)35)14-20-13-17(2)31(18(20)3)22-10-8-19(9-11-22)26(34)36-4/h5-14H,15H2,1-4H3,(H,28,32)(H,29,35)/b23-14+. The van der Waals surface area contributed by atoms with Gasteiger partial charge >= 0.3 is 12.0 Å². The van der Waals surface area contributed by atoms with E-state index in [9.17, 15) is 19.2 Å². The molecule has 1 saturated heterocycles. The third-order valence-electron chi connectivity index (χ3n) is 5.88. The van der Waals surface area contributed by atoms with Crippen LogP contribution in [0.15, 0.2) is 60.3 Å². The number of benzene rings is 2. The smallest absolute Gasteiger partial charge is 0.337 e. The maximum Gasteiger partial charge on any atom is 0.337 e. The molecule has 1 fully saturated rings. The molecule has 0 bridgehead atoms. The minimum Gasteiger partial charge on any atom is -0.465 e. The number of urea groups is 1. The summed E-state index contributed by atoms with van der Waals surface area (Å²) in [6, 6.07) is 15.5. The molecule has 0 atom stereocenters. The number of nitrogens with one attached hydrogen (secondary N) is 2. The summed E-state index contributed by atoms with van der Waals surface area (Å²) in [7, 11) is 1.33. The molecule has 1 aromatic heterocycles. The molecule has 3 aromatic rings. The first-order chi connectivity index (χ1) is 17.2. The zero-order valence-corrected chi connectivity index (χ0v) is 20.4. The van der Waals surface area contributed by atoms with Crippen LogP contribution in [-0.2, 0) is 14.3 Å². The van der Waals surface area contributed by atoms with Crippen molar-refractivity contribution in [1.29, 1.82) is 0 Å². The van der Waals surface area contributed by atoms with Crippen LogP contribution in [0.2, 0.25) is 0 Å². The number of aryl methyl sites for hydroxylation is 2. The quantitative estimate of drug-likeness (QED) is 0.314. The predicted octanol–water partition coefficient (Wildman–Crippen LogP) is 3.72. The van der Waals surface area contributed by atoms with Gasteiger partial charge in [0.1, 0.15) is 12.2 Å². The molecule has 1 aliphatic heterocycles. The van der Waals surface area contributed by atoms with Gasteiger partial charge in [0.2, 0.25) is 5.91 Å². The van der Waals surface area contributed by atoms with Gasteiger partial charge in [0.15, 0.2) is 0 Å². The van der Waals surface area contributed by atoms with E-state index in [4.69, 9.17) is 4.74 Å². The number of methoxy groups -OCH3 is 1. The van der Waals surface area contributed by atoms with Crippen LogP contribution in [0, 0.1) is 20.8 Å². The number of imide groups is 1. The van der Waals surface area contributed by atoms with Crippen LogP contribution in [0.1, 0.15) is 32.9 Å². The second-order valence-corrected chi connectivity index (χ2v) is 8.50. The fourth-order valence-electron chi connectivity index (χ4n) is 4.13. The van der Waals surface area contributed by atoms with Crippen LogP contribution in [0.5, 0.6) is 0 Å². The number of carbonyl (C=O) groups excluding carboxylic acids is 4. The van der Waals surface area contributed by atoms with Crippen molar-refractivity contribution in [3.8, 4) is 5.69 Å². The fourth-order valence-corrected chi connectivity index (χ4v) is 4.13. The molecular formula is C27H26N4O5. The Balaban J connectivity index is 1.52. The second-order valence-electron chi connectivity index (χ2n) is 8.50. The average molecular weight is 487 g/mol. The van der Waals surface area contributed by atoms with E-state index in [1.165, 1.54) is 7.11 Å². The lowest BCUT2D eigenvalue weighted by atomic mass is 10.2. The van der Waals surface area contributed by atoms with Gasteiger partial charge < -0.3 is 19.9 Å². The van der Waals surface area contributed by atoms with Crippen molar-refractivity contribution >= 4 is 35.6 Å². The molecule has 0 spiro atoms. The average Bonchev–Trinajstić information content (AvgIpc) is 3.27. The van der Waals surface area contributed by atoms with E-state index < -0.39 is 30.4 Å². The van der Waals surface area contributed by atoms with Gasteiger partial charge in [0.05, 0.1) is 12.7 Å². The van der Waals surface area contributed by atoms with Crippen molar-refractivity contribution in [2.24, 2.45) is 0 Å². The van der Waals surface area contributed by atoms with Gasteiger partial charge in [0.25, 0.3) is 5.91 Å². The van der Waals surface area contributed by atoms with E-state index in [0.717, 1.165) is 33.1 Å². The first-order valence-electron chi connectivity index (χ1n) is 11.3. The first-order valence-corrected chi connectivity index (χ1v) is 11.3. The van der Waals surface area contributed by atoms with Crippen LogP contribution in [0.3, 0.4) is 0 Å². The van der Waals surface area contributed by atoms with Gasteiger partial charge in [-0.05, 0) is 80.4 Å². The topological polar surface area (TPSA) is 110 Å². The summed E-state index contributed by atoms with van der Waals surface area (Å²) in [6.07, 6.45) is 1.60. The molecule has 9 heteroatoms. The molecule has 4 rings (SSSR count). The molecule has 0 aliphatic carbocycles. The minimum atomic E-state index is -0.655. The van der Waals surface area contributed by atoms with Crippen LogP contribution in [0.25, 0.3) is 11.8 Å². The van der Waals surface area contributed by atoms with E-state index in [1.807, 2.05) is 43.5 Å². The van der Waals surface area contributed by atoms with Crippen LogP contribution in [0.4, 0.5) is 10.5 Å². The number of ether oxygens (including phenoxy) is 1. The summed E-state index contributed by atoms with van der Waals surface area (Å²) in [5.74, 6) is -1.47. The van der Waals surface area contributed by atoms with E-state index in [-0.39, 0.29) is 5.70 Å². The number of nitrogens with zero attached hydrogens (tertiary/aromatic N) is 2. The van der Waals surface area contributed by atoms with Crippen molar-refractivity contribution < 1.29 is 23.9 Å². The maximum absolute atomic E-state index is 12.9. The number of amides is 4. The fraction of sp³-hybridized carbons (Fsp3) is 0.185. The van der Waals surface area contributed by atoms with Crippen LogP contribution in [-0.4, -0.2) is 46.9 Å². The Morgan fingerprint density at radius 2 is 1.75 bits per heavy atom. The van der Waals surface area contributed by atoms with Gasteiger partial charge in [0, 0.05) is 22.8 Å². The molecule has 1 aliphatic rings.